The summed E-state index contributed by atoms with van der Waals surface area (Å²) in [6.45, 7) is 2.77. The number of piperidine rings is 1. The van der Waals surface area contributed by atoms with E-state index in [2.05, 4.69) is 78.2 Å². The highest BCUT2D eigenvalue weighted by atomic mass is 127. The van der Waals surface area contributed by atoms with E-state index in [4.69, 9.17) is 0 Å². The molecule has 0 radical (unpaired) electrons. The molecule has 0 spiro atoms. The fourth-order valence-corrected chi connectivity index (χ4v) is 3.72. The van der Waals surface area contributed by atoms with Gasteiger partial charge in [0.25, 0.3) is 0 Å². The van der Waals surface area contributed by atoms with Gasteiger partial charge in [-0.3, -0.25) is 10.1 Å². The SMILES string of the molecule is CN=C(NCc1cccc(-c2ncn[nH]2)c1)NC1CCCN(c2ccccc2)C1.I. The number of nitrogens with one attached hydrogen (secondary N) is 3. The van der Waals surface area contributed by atoms with Gasteiger partial charge in [0.05, 0.1) is 0 Å². The summed E-state index contributed by atoms with van der Waals surface area (Å²) in [5, 5.41) is 13.9. The number of benzene rings is 2. The lowest BCUT2D eigenvalue weighted by atomic mass is 10.0. The van der Waals surface area contributed by atoms with Gasteiger partial charge in [0, 0.05) is 44.0 Å². The van der Waals surface area contributed by atoms with Crippen LogP contribution in [-0.4, -0.2) is 47.3 Å². The van der Waals surface area contributed by atoms with E-state index in [0.717, 1.165) is 42.4 Å². The normalized spacial score (nSPS) is 16.6. The third kappa shape index (κ3) is 5.71. The van der Waals surface area contributed by atoms with Crippen LogP contribution < -0.4 is 15.5 Å². The van der Waals surface area contributed by atoms with E-state index in [1.54, 1.807) is 0 Å². The van der Waals surface area contributed by atoms with Crippen molar-refractivity contribution in [2.75, 3.05) is 25.0 Å². The molecule has 1 aliphatic heterocycles. The van der Waals surface area contributed by atoms with Crippen molar-refractivity contribution in [3.05, 3.63) is 66.5 Å². The number of H-pyrrole nitrogens is 1. The van der Waals surface area contributed by atoms with Crippen molar-refractivity contribution in [1.82, 2.24) is 25.8 Å². The Balaban J connectivity index is 0.00000256. The summed E-state index contributed by atoms with van der Waals surface area (Å²) in [6.07, 6.45) is 3.84. The Kier molecular flexibility index (Phi) is 8.06. The number of hydrogen-bond acceptors (Lipinski definition) is 4. The lowest BCUT2D eigenvalue weighted by Crippen LogP contribution is -2.51. The lowest BCUT2D eigenvalue weighted by Gasteiger charge is -2.35. The second-order valence-corrected chi connectivity index (χ2v) is 7.23. The average Bonchev–Trinajstić information content (AvgIpc) is 3.33. The second kappa shape index (κ2) is 11.0. The van der Waals surface area contributed by atoms with E-state index in [1.165, 1.54) is 18.4 Å². The molecule has 8 heteroatoms. The van der Waals surface area contributed by atoms with Crippen molar-refractivity contribution >= 4 is 35.6 Å². The van der Waals surface area contributed by atoms with E-state index in [1.807, 2.05) is 19.2 Å². The molecule has 1 fully saturated rings. The molecule has 1 atom stereocenters. The molecule has 0 bridgehead atoms. The quantitative estimate of drug-likeness (QED) is 0.275. The molecule has 158 valence electrons. The highest BCUT2D eigenvalue weighted by Gasteiger charge is 2.20. The van der Waals surface area contributed by atoms with Gasteiger partial charge in [-0.2, -0.15) is 5.10 Å². The maximum atomic E-state index is 4.41. The topological polar surface area (TPSA) is 81.2 Å². The van der Waals surface area contributed by atoms with Crippen LogP contribution in [0.2, 0.25) is 0 Å². The first-order valence-electron chi connectivity index (χ1n) is 10.0. The summed E-state index contributed by atoms with van der Waals surface area (Å²) < 4.78 is 0. The summed E-state index contributed by atoms with van der Waals surface area (Å²) in [7, 11) is 1.82. The van der Waals surface area contributed by atoms with Crippen LogP contribution in [0.15, 0.2) is 65.9 Å². The molecule has 7 nitrogen and oxygen atoms in total. The number of anilines is 1. The highest BCUT2D eigenvalue weighted by molar-refractivity contribution is 14.0. The number of guanidine groups is 1. The number of aliphatic imine (C=N–C) groups is 1. The second-order valence-electron chi connectivity index (χ2n) is 7.23. The number of rotatable bonds is 5. The van der Waals surface area contributed by atoms with Crippen LogP contribution in [0.25, 0.3) is 11.4 Å². The van der Waals surface area contributed by atoms with Crippen molar-refractivity contribution < 1.29 is 0 Å². The van der Waals surface area contributed by atoms with E-state index < -0.39 is 0 Å². The monoisotopic (exact) mass is 517 g/mol. The number of aromatic nitrogens is 3. The van der Waals surface area contributed by atoms with E-state index in [-0.39, 0.29) is 24.0 Å². The van der Waals surface area contributed by atoms with Crippen LogP contribution >= 0.6 is 24.0 Å². The van der Waals surface area contributed by atoms with Crippen LogP contribution in [0.3, 0.4) is 0 Å². The molecule has 3 aromatic rings. The maximum absolute atomic E-state index is 4.41. The van der Waals surface area contributed by atoms with Crippen molar-refractivity contribution in [3.63, 3.8) is 0 Å². The molecule has 2 heterocycles. The zero-order chi connectivity index (χ0) is 19.9. The molecule has 2 aromatic carbocycles. The Morgan fingerprint density at radius 1 is 1.20 bits per heavy atom. The van der Waals surface area contributed by atoms with Gasteiger partial charge >= 0.3 is 0 Å². The van der Waals surface area contributed by atoms with Gasteiger partial charge in [-0.15, -0.1) is 24.0 Å². The highest BCUT2D eigenvalue weighted by Crippen LogP contribution is 2.19. The fourth-order valence-electron chi connectivity index (χ4n) is 3.72. The van der Waals surface area contributed by atoms with Crippen molar-refractivity contribution in [1.29, 1.82) is 0 Å². The minimum Gasteiger partial charge on any atom is -0.369 e. The van der Waals surface area contributed by atoms with Crippen LogP contribution in [-0.2, 0) is 6.54 Å². The molecular weight excluding hydrogens is 489 g/mol. The van der Waals surface area contributed by atoms with E-state index in [9.17, 15) is 0 Å². The third-order valence-electron chi connectivity index (χ3n) is 5.18. The zero-order valence-corrected chi connectivity index (χ0v) is 19.4. The molecular formula is C22H28IN7. The number of nitrogens with zero attached hydrogens (tertiary/aromatic N) is 4. The fraction of sp³-hybridized carbons (Fsp3) is 0.318. The summed E-state index contributed by atoms with van der Waals surface area (Å²) >= 11 is 0. The van der Waals surface area contributed by atoms with Crippen LogP contribution in [0, 0.1) is 0 Å². The Labute approximate surface area is 194 Å². The van der Waals surface area contributed by atoms with Crippen LogP contribution in [0.1, 0.15) is 18.4 Å². The number of halogens is 1. The Hall–Kier alpha value is -2.62. The Morgan fingerprint density at radius 2 is 2.07 bits per heavy atom. The minimum atomic E-state index is 0. The minimum absolute atomic E-state index is 0. The largest absolute Gasteiger partial charge is 0.369 e. The van der Waals surface area contributed by atoms with E-state index >= 15 is 0 Å². The molecule has 1 aromatic heterocycles. The van der Waals surface area contributed by atoms with Gasteiger partial charge in [-0.05, 0) is 36.6 Å². The van der Waals surface area contributed by atoms with Gasteiger partial charge in [-0.25, -0.2) is 4.98 Å². The molecule has 1 unspecified atom stereocenters. The van der Waals surface area contributed by atoms with Gasteiger partial charge < -0.3 is 15.5 Å². The predicted molar refractivity (Wildman–Crippen MR) is 132 cm³/mol. The third-order valence-corrected chi connectivity index (χ3v) is 5.18. The number of hydrogen-bond donors (Lipinski definition) is 3. The van der Waals surface area contributed by atoms with Gasteiger partial charge in [0.15, 0.2) is 11.8 Å². The summed E-state index contributed by atoms with van der Waals surface area (Å²) in [5.74, 6) is 1.60. The standard InChI is InChI=1S/C22H27N7.HI/c1-23-22(24-14-17-7-5-8-18(13-17)21-25-16-26-28-21)27-19-9-6-12-29(15-19)20-10-3-2-4-11-20;/h2-5,7-8,10-11,13,16,19H,6,9,12,14-15H2,1H3,(H2,23,24,27)(H,25,26,28);1H. The Morgan fingerprint density at radius 3 is 2.83 bits per heavy atom. The zero-order valence-electron chi connectivity index (χ0n) is 17.1. The number of aromatic amines is 1. The molecule has 1 aliphatic rings. The first kappa shape index (κ1) is 22.1. The van der Waals surface area contributed by atoms with Gasteiger partial charge in [-0.1, -0.05) is 36.4 Å². The first-order valence-corrected chi connectivity index (χ1v) is 10.0. The predicted octanol–water partition coefficient (Wildman–Crippen LogP) is 3.42. The van der Waals surface area contributed by atoms with Crippen LogP contribution in [0.4, 0.5) is 5.69 Å². The van der Waals surface area contributed by atoms with Crippen LogP contribution in [0.5, 0.6) is 0 Å². The molecule has 30 heavy (non-hydrogen) atoms. The summed E-state index contributed by atoms with van der Waals surface area (Å²) in [6, 6.07) is 19.2. The molecule has 1 saturated heterocycles. The van der Waals surface area contributed by atoms with E-state index in [0.29, 0.717) is 12.6 Å². The molecule has 4 rings (SSSR count). The molecule has 0 amide bonds. The van der Waals surface area contributed by atoms with Crippen molar-refractivity contribution in [2.45, 2.75) is 25.4 Å². The smallest absolute Gasteiger partial charge is 0.191 e. The lowest BCUT2D eigenvalue weighted by molar-refractivity contribution is 0.468. The van der Waals surface area contributed by atoms with Gasteiger partial charge in [0.2, 0.25) is 0 Å². The molecule has 0 aliphatic carbocycles. The Bertz CT molecular complexity index is 928. The van der Waals surface area contributed by atoms with Gasteiger partial charge in [0.1, 0.15) is 6.33 Å². The molecule has 0 saturated carbocycles. The summed E-state index contributed by atoms with van der Waals surface area (Å²) in [5.41, 5.74) is 3.47. The first-order chi connectivity index (χ1) is 14.3. The summed E-state index contributed by atoms with van der Waals surface area (Å²) in [4.78, 5) is 11.1. The average molecular weight is 517 g/mol. The maximum Gasteiger partial charge on any atom is 0.191 e. The number of para-hydroxylation sites is 1. The van der Waals surface area contributed by atoms with Crippen molar-refractivity contribution in [3.8, 4) is 11.4 Å². The molecule has 3 N–H and O–H groups in total. The van der Waals surface area contributed by atoms with Crippen molar-refractivity contribution in [2.24, 2.45) is 4.99 Å².